The normalized spacial score (nSPS) is 15.3. The van der Waals surface area contributed by atoms with Gasteiger partial charge in [0.05, 0.1) is 4.47 Å². The van der Waals surface area contributed by atoms with Crippen LogP contribution >= 0.6 is 15.9 Å². The number of amides is 1. The maximum atomic E-state index is 12.7. The third kappa shape index (κ3) is 3.73. The highest BCUT2D eigenvalue weighted by atomic mass is 79.9. The average Bonchev–Trinajstić information content (AvgIpc) is 3.04. The fraction of sp³-hybridized carbons (Fsp3) is 0.286. The molecule has 1 aromatic heterocycles. The first kappa shape index (κ1) is 18.1. The van der Waals surface area contributed by atoms with E-state index in [0.29, 0.717) is 12.2 Å². The van der Waals surface area contributed by atoms with Crippen LogP contribution in [0.2, 0.25) is 0 Å². The molecule has 3 aromatic rings. The Morgan fingerprint density at radius 3 is 2.56 bits per heavy atom. The van der Waals surface area contributed by atoms with Gasteiger partial charge >= 0.3 is 0 Å². The number of halogens is 1. The zero-order valence-corrected chi connectivity index (χ0v) is 16.9. The molecule has 1 aliphatic heterocycles. The number of rotatable bonds is 4. The molecule has 0 aliphatic carbocycles. The summed E-state index contributed by atoms with van der Waals surface area (Å²) in [5.41, 5.74) is 3.87. The number of nitrogens with one attached hydrogen (secondary N) is 2. The van der Waals surface area contributed by atoms with Crippen molar-refractivity contribution in [2.75, 3.05) is 38.1 Å². The molecule has 0 radical (unpaired) electrons. The number of likely N-dealkylation sites (N-methyl/N-ethyl adjacent to an activating group) is 1. The quantitative estimate of drug-likeness (QED) is 0.669. The number of aromatic nitrogens is 1. The van der Waals surface area contributed by atoms with Crippen LogP contribution in [0, 0.1) is 0 Å². The summed E-state index contributed by atoms with van der Waals surface area (Å²) in [7, 11) is 2.15. The first-order valence-corrected chi connectivity index (χ1v) is 9.98. The van der Waals surface area contributed by atoms with Gasteiger partial charge in [-0.15, -0.1) is 0 Å². The van der Waals surface area contributed by atoms with Crippen LogP contribution in [0.3, 0.4) is 0 Å². The van der Waals surface area contributed by atoms with E-state index < -0.39 is 0 Å². The molecule has 1 amide bonds. The highest BCUT2D eigenvalue weighted by molar-refractivity contribution is 9.10. The van der Waals surface area contributed by atoms with Crippen LogP contribution < -0.4 is 10.2 Å². The summed E-state index contributed by atoms with van der Waals surface area (Å²) >= 11 is 3.56. The van der Waals surface area contributed by atoms with Crippen molar-refractivity contribution in [3.05, 3.63) is 64.3 Å². The fourth-order valence-electron chi connectivity index (χ4n) is 3.54. The minimum atomic E-state index is -0.105. The molecule has 2 aromatic carbocycles. The number of hydrogen-bond donors (Lipinski definition) is 2. The Hall–Kier alpha value is -2.31. The zero-order valence-electron chi connectivity index (χ0n) is 15.3. The zero-order chi connectivity index (χ0) is 18.8. The Morgan fingerprint density at radius 2 is 1.78 bits per heavy atom. The lowest BCUT2D eigenvalue weighted by Crippen LogP contribution is -2.45. The topological polar surface area (TPSA) is 51.4 Å². The van der Waals surface area contributed by atoms with Crippen molar-refractivity contribution >= 4 is 38.4 Å². The van der Waals surface area contributed by atoms with Gasteiger partial charge in [0, 0.05) is 49.3 Å². The Balaban J connectivity index is 1.50. The third-order valence-corrected chi connectivity index (χ3v) is 5.97. The van der Waals surface area contributed by atoms with Gasteiger partial charge in [-0.05, 0) is 40.7 Å². The molecule has 140 valence electrons. The van der Waals surface area contributed by atoms with Gasteiger partial charge in [0.2, 0.25) is 0 Å². The number of carbonyl (C=O) groups excluding carboxylic acids is 1. The molecular weight excluding hydrogens is 404 g/mol. The van der Waals surface area contributed by atoms with Crippen LogP contribution in [0.1, 0.15) is 16.1 Å². The van der Waals surface area contributed by atoms with Gasteiger partial charge in [0.25, 0.3) is 5.91 Å². The number of carbonyl (C=O) groups is 1. The predicted octanol–water partition coefficient (Wildman–Crippen LogP) is 3.61. The van der Waals surface area contributed by atoms with Crippen molar-refractivity contribution in [2.24, 2.45) is 0 Å². The van der Waals surface area contributed by atoms with E-state index in [4.69, 9.17) is 0 Å². The lowest BCUT2D eigenvalue weighted by molar-refractivity contribution is 0.0946. The van der Waals surface area contributed by atoms with Gasteiger partial charge in [-0.1, -0.05) is 36.4 Å². The molecule has 0 saturated carbocycles. The Kier molecular flexibility index (Phi) is 5.18. The summed E-state index contributed by atoms with van der Waals surface area (Å²) in [6.45, 7) is 4.64. The van der Waals surface area contributed by atoms with Crippen molar-refractivity contribution in [1.29, 1.82) is 0 Å². The van der Waals surface area contributed by atoms with Gasteiger partial charge in [0.15, 0.2) is 0 Å². The molecule has 0 unspecified atom stereocenters. The van der Waals surface area contributed by atoms with Gasteiger partial charge in [0.1, 0.15) is 5.69 Å². The molecule has 1 saturated heterocycles. The van der Waals surface area contributed by atoms with Crippen LogP contribution in [-0.2, 0) is 6.54 Å². The largest absolute Gasteiger partial charge is 0.369 e. The van der Waals surface area contributed by atoms with Crippen molar-refractivity contribution < 1.29 is 4.79 Å². The van der Waals surface area contributed by atoms with E-state index in [1.807, 2.05) is 30.3 Å². The van der Waals surface area contributed by atoms with E-state index in [1.54, 1.807) is 0 Å². The lowest BCUT2D eigenvalue weighted by atomic mass is 10.1. The van der Waals surface area contributed by atoms with Crippen LogP contribution in [0.15, 0.2) is 53.0 Å². The fourth-order valence-corrected chi connectivity index (χ4v) is 4.17. The number of H-pyrrole nitrogens is 1. The van der Waals surface area contributed by atoms with E-state index in [9.17, 15) is 4.79 Å². The number of benzene rings is 2. The van der Waals surface area contributed by atoms with E-state index in [2.05, 4.69) is 61.3 Å². The van der Waals surface area contributed by atoms with Gasteiger partial charge < -0.3 is 20.1 Å². The SMILES string of the molecule is CN1CCN(c2ccccc2CNC(=O)c2[nH]c3ccccc3c2Br)CC1. The summed E-state index contributed by atoms with van der Waals surface area (Å²) in [5.74, 6) is -0.105. The summed E-state index contributed by atoms with van der Waals surface area (Å²) in [4.78, 5) is 20.7. The van der Waals surface area contributed by atoms with Crippen molar-refractivity contribution in [1.82, 2.24) is 15.2 Å². The number of fused-ring (bicyclic) bond motifs is 1. The molecule has 6 heteroatoms. The van der Waals surface area contributed by atoms with Gasteiger partial charge in [-0.25, -0.2) is 0 Å². The summed E-state index contributed by atoms with van der Waals surface area (Å²) < 4.78 is 0.808. The Bertz CT molecular complexity index is 960. The van der Waals surface area contributed by atoms with Crippen molar-refractivity contribution in [2.45, 2.75) is 6.54 Å². The second-order valence-electron chi connectivity index (χ2n) is 6.96. The number of aromatic amines is 1. The highest BCUT2D eigenvalue weighted by Crippen LogP contribution is 2.28. The second kappa shape index (κ2) is 7.74. The molecule has 1 aliphatic rings. The maximum absolute atomic E-state index is 12.7. The minimum Gasteiger partial charge on any atom is -0.369 e. The molecule has 4 rings (SSSR count). The number of para-hydroxylation sites is 2. The molecule has 5 nitrogen and oxygen atoms in total. The molecule has 0 spiro atoms. The molecule has 2 N–H and O–H groups in total. The van der Waals surface area contributed by atoms with Gasteiger partial charge in [-0.2, -0.15) is 0 Å². The van der Waals surface area contributed by atoms with E-state index in [0.717, 1.165) is 47.1 Å². The van der Waals surface area contributed by atoms with E-state index in [-0.39, 0.29) is 5.91 Å². The molecule has 2 heterocycles. The monoisotopic (exact) mass is 426 g/mol. The van der Waals surface area contributed by atoms with E-state index >= 15 is 0 Å². The molecule has 27 heavy (non-hydrogen) atoms. The van der Waals surface area contributed by atoms with Crippen LogP contribution in [0.4, 0.5) is 5.69 Å². The summed E-state index contributed by atoms with van der Waals surface area (Å²) in [5, 5.41) is 4.08. The van der Waals surface area contributed by atoms with Gasteiger partial charge in [-0.3, -0.25) is 4.79 Å². The lowest BCUT2D eigenvalue weighted by Gasteiger charge is -2.35. The second-order valence-corrected chi connectivity index (χ2v) is 7.75. The number of anilines is 1. The first-order valence-electron chi connectivity index (χ1n) is 9.19. The highest BCUT2D eigenvalue weighted by Gasteiger charge is 2.19. The number of piperazine rings is 1. The standard InChI is InChI=1S/C21H23BrN4O/c1-25-10-12-26(13-11-25)18-9-5-2-6-15(18)14-23-21(27)20-19(22)16-7-3-4-8-17(16)24-20/h2-9,24H,10-14H2,1H3,(H,23,27). The number of hydrogen-bond acceptors (Lipinski definition) is 3. The third-order valence-electron chi connectivity index (χ3n) is 5.14. The Morgan fingerprint density at radius 1 is 1.07 bits per heavy atom. The minimum absolute atomic E-state index is 0.105. The van der Waals surface area contributed by atoms with Crippen molar-refractivity contribution in [3.63, 3.8) is 0 Å². The Labute approximate surface area is 167 Å². The van der Waals surface area contributed by atoms with Crippen LogP contribution in [0.5, 0.6) is 0 Å². The first-order chi connectivity index (χ1) is 13.1. The molecule has 1 fully saturated rings. The summed E-state index contributed by atoms with van der Waals surface area (Å²) in [6.07, 6.45) is 0. The van der Waals surface area contributed by atoms with Crippen LogP contribution in [-0.4, -0.2) is 49.0 Å². The molecular formula is C21H23BrN4O. The van der Waals surface area contributed by atoms with E-state index in [1.165, 1.54) is 5.69 Å². The number of nitrogens with zero attached hydrogens (tertiary/aromatic N) is 2. The van der Waals surface area contributed by atoms with Crippen LogP contribution in [0.25, 0.3) is 10.9 Å². The molecule has 0 atom stereocenters. The smallest absolute Gasteiger partial charge is 0.269 e. The average molecular weight is 427 g/mol. The maximum Gasteiger partial charge on any atom is 0.269 e. The van der Waals surface area contributed by atoms with Crippen molar-refractivity contribution in [3.8, 4) is 0 Å². The molecule has 0 bridgehead atoms. The predicted molar refractivity (Wildman–Crippen MR) is 113 cm³/mol. The summed E-state index contributed by atoms with van der Waals surface area (Å²) in [6, 6.07) is 16.2.